The van der Waals surface area contributed by atoms with Crippen molar-refractivity contribution in [2.24, 2.45) is 0 Å². The standard InChI is InChI=1S/C6H11FO5/c7-3-5(10)4(9)2(1-8)12-6(3)11/h2-6,8-11H,1H2/t2-,3-,4+,5+,6+/m0/s1. The molecular weight excluding hydrogens is 171 g/mol. The molecule has 6 heteroatoms. The molecule has 12 heavy (non-hydrogen) atoms. The first-order valence-corrected chi connectivity index (χ1v) is 3.52. The molecule has 1 fully saturated rings. The van der Waals surface area contributed by atoms with Gasteiger partial charge in [0.2, 0.25) is 0 Å². The van der Waals surface area contributed by atoms with Crippen molar-refractivity contribution in [3.8, 4) is 0 Å². The van der Waals surface area contributed by atoms with E-state index in [0.29, 0.717) is 0 Å². The van der Waals surface area contributed by atoms with Crippen molar-refractivity contribution < 1.29 is 29.6 Å². The Morgan fingerprint density at radius 1 is 1.17 bits per heavy atom. The minimum absolute atomic E-state index is 0.581. The Hall–Kier alpha value is -0.270. The molecule has 1 saturated heterocycles. The van der Waals surface area contributed by atoms with Crippen molar-refractivity contribution in [3.05, 3.63) is 0 Å². The Morgan fingerprint density at radius 2 is 1.75 bits per heavy atom. The Kier molecular flexibility index (Phi) is 2.97. The van der Waals surface area contributed by atoms with Crippen LogP contribution in [-0.4, -0.2) is 57.8 Å². The van der Waals surface area contributed by atoms with Crippen molar-refractivity contribution in [2.45, 2.75) is 30.8 Å². The van der Waals surface area contributed by atoms with E-state index in [-0.39, 0.29) is 0 Å². The van der Waals surface area contributed by atoms with E-state index in [9.17, 15) is 4.39 Å². The van der Waals surface area contributed by atoms with Gasteiger partial charge in [0.05, 0.1) is 6.61 Å². The van der Waals surface area contributed by atoms with Crippen LogP contribution >= 0.6 is 0 Å². The molecule has 1 heterocycles. The van der Waals surface area contributed by atoms with E-state index < -0.39 is 37.4 Å². The average molecular weight is 182 g/mol. The number of aliphatic hydroxyl groups is 4. The summed E-state index contributed by atoms with van der Waals surface area (Å²) < 4.78 is 17.1. The zero-order valence-corrected chi connectivity index (χ0v) is 6.17. The van der Waals surface area contributed by atoms with Crippen molar-refractivity contribution in [1.29, 1.82) is 0 Å². The summed E-state index contributed by atoms with van der Waals surface area (Å²) in [4.78, 5) is 0. The van der Waals surface area contributed by atoms with Crippen LogP contribution in [0, 0.1) is 0 Å². The topological polar surface area (TPSA) is 90.2 Å². The number of hydrogen-bond acceptors (Lipinski definition) is 5. The van der Waals surface area contributed by atoms with Gasteiger partial charge < -0.3 is 25.2 Å². The maximum absolute atomic E-state index is 12.7. The number of ether oxygens (including phenoxy) is 1. The van der Waals surface area contributed by atoms with Gasteiger partial charge in [-0.1, -0.05) is 0 Å². The minimum atomic E-state index is -2.04. The molecule has 0 bridgehead atoms. The van der Waals surface area contributed by atoms with Crippen molar-refractivity contribution in [2.75, 3.05) is 6.61 Å². The lowest BCUT2D eigenvalue weighted by molar-refractivity contribution is -0.271. The van der Waals surface area contributed by atoms with Crippen LogP contribution in [0.25, 0.3) is 0 Å². The summed E-state index contributed by atoms with van der Waals surface area (Å²) in [6, 6.07) is 0. The molecule has 0 saturated carbocycles. The summed E-state index contributed by atoms with van der Waals surface area (Å²) in [7, 11) is 0. The van der Waals surface area contributed by atoms with Crippen LogP contribution in [0.15, 0.2) is 0 Å². The van der Waals surface area contributed by atoms with Crippen LogP contribution < -0.4 is 0 Å². The normalized spacial score (nSPS) is 49.2. The van der Waals surface area contributed by atoms with Gasteiger partial charge in [-0.25, -0.2) is 4.39 Å². The maximum atomic E-state index is 12.7. The Balaban J connectivity index is 2.63. The van der Waals surface area contributed by atoms with Gasteiger partial charge in [-0.05, 0) is 0 Å². The zero-order chi connectivity index (χ0) is 9.30. The van der Waals surface area contributed by atoms with Crippen molar-refractivity contribution >= 4 is 0 Å². The largest absolute Gasteiger partial charge is 0.394 e. The van der Waals surface area contributed by atoms with E-state index >= 15 is 0 Å². The molecule has 4 N–H and O–H groups in total. The molecule has 0 aromatic heterocycles. The van der Waals surface area contributed by atoms with E-state index in [1.165, 1.54) is 0 Å². The van der Waals surface area contributed by atoms with Gasteiger partial charge in [0.15, 0.2) is 12.5 Å². The van der Waals surface area contributed by atoms with E-state index in [0.717, 1.165) is 0 Å². The molecule has 0 aliphatic carbocycles. The SMILES string of the molecule is OC[C@@H]1O[C@@H](O)[C@@H](F)[C@@H](O)[C@@H]1O. The van der Waals surface area contributed by atoms with Crippen LogP contribution in [-0.2, 0) is 4.74 Å². The number of alkyl halides is 1. The second-order valence-electron chi connectivity index (χ2n) is 2.67. The van der Waals surface area contributed by atoms with Crippen LogP contribution in [0.3, 0.4) is 0 Å². The molecule has 0 aromatic carbocycles. The van der Waals surface area contributed by atoms with Crippen LogP contribution in [0.4, 0.5) is 4.39 Å². The molecule has 0 radical (unpaired) electrons. The minimum Gasteiger partial charge on any atom is -0.394 e. The Bertz CT molecular complexity index is 150. The first-order valence-electron chi connectivity index (χ1n) is 3.52. The van der Waals surface area contributed by atoms with Gasteiger partial charge in [-0.2, -0.15) is 0 Å². The highest BCUT2D eigenvalue weighted by atomic mass is 19.1. The lowest BCUT2D eigenvalue weighted by Crippen LogP contribution is -2.56. The van der Waals surface area contributed by atoms with Gasteiger partial charge >= 0.3 is 0 Å². The summed E-state index contributed by atoms with van der Waals surface area (Å²) in [6.07, 6.45) is -8.19. The molecule has 1 aliphatic rings. The molecule has 0 aromatic rings. The monoisotopic (exact) mass is 182 g/mol. The van der Waals surface area contributed by atoms with Gasteiger partial charge in [0, 0.05) is 0 Å². The smallest absolute Gasteiger partial charge is 0.189 e. The third-order valence-corrected chi connectivity index (χ3v) is 1.82. The maximum Gasteiger partial charge on any atom is 0.189 e. The summed E-state index contributed by atoms with van der Waals surface area (Å²) in [6.45, 7) is -0.581. The predicted molar refractivity (Wildman–Crippen MR) is 34.9 cm³/mol. The van der Waals surface area contributed by atoms with Gasteiger partial charge in [0.25, 0.3) is 0 Å². The molecule has 1 aliphatic heterocycles. The zero-order valence-electron chi connectivity index (χ0n) is 6.17. The number of halogens is 1. The van der Waals surface area contributed by atoms with E-state index in [4.69, 9.17) is 20.4 Å². The Morgan fingerprint density at radius 3 is 2.25 bits per heavy atom. The Labute approximate surface area is 68.0 Å². The van der Waals surface area contributed by atoms with Gasteiger partial charge in [-0.15, -0.1) is 0 Å². The van der Waals surface area contributed by atoms with E-state index in [2.05, 4.69) is 4.74 Å². The fraction of sp³-hybridized carbons (Fsp3) is 1.00. The molecule has 5 nitrogen and oxygen atoms in total. The molecule has 72 valence electrons. The molecule has 1 rings (SSSR count). The number of rotatable bonds is 1. The second kappa shape index (κ2) is 3.63. The highest BCUT2D eigenvalue weighted by Gasteiger charge is 2.43. The molecular formula is C6H11FO5. The third-order valence-electron chi connectivity index (χ3n) is 1.82. The van der Waals surface area contributed by atoms with E-state index in [1.54, 1.807) is 0 Å². The molecule has 0 spiro atoms. The summed E-state index contributed by atoms with van der Waals surface area (Å²) in [5, 5.41) is 35.3. The first-order chi connectivity index (χ1) is 5.57. The first kappa shape index (κ1) is 9.82. The van der Waals surface area contributed by atoms with E-state index in [1.807, 2.05) is 0 Å². The quantitative estimate of drug-likeness (QED) is 0.368. The predicted octanol–water partition coefficient (Wildman–Crippen LogP) is -2.24. The highest BCUT2D eigenvalue weighted by Crippen LogP contribution is 2.21. The highest BCUT2D eigenvalue weighted by molar-refractivity contribution is 4.88. The molecule has 0 unspecified atom stereocenters. The average Bonchev–Trinajstić information content (AvgIpc) is 2.08. The van der Waals surface area contributed by atoms with Crippen LogP contribution in [0.2, 0.25) is 0 Å². The van der Waals surface area contributed by atoms with Crippen LogP contribution in [0.5, 0.6) is 0 Å². The number of hydrogen-bond donors (Lipinski definition) is 4. The lowest BCUT2D eigenvalue weighted by atomic mass is 10.0. The lowest BCUT2D eigenvalue weighted by Gasteiger charge is -2.36. The number of aliphatic hydroxyl groups excluding tert-OH is 4. The van der Waals surface area contributed by atoms with Crippen LogP contribution in [0.1, 0.15) is 0 Å². The summed E-state index contributed by atoms with van der Waals surface area (Å²) >= 11 is 0. The van der Waals surface area contributed by atoms with Gasteiger partial charge in [-0.3, -0.25) is 0 Å². The van der Waals surface area contributed by atoms with Gasteiger partial charge in [0.1, 0.15) is 18.3 Å². The molecule has 0 amide bonds. The summed E-state index contributed by atoms with van der Waals surface area (Å²) in [5.74, 6) is 0. The summed E-state index contributed by atoms with van der Waals surface area (Å²) in [5.41, 5.74) is 0. The fourth-order valence-electron chi connectivity index (χ4n) is 1.06. The second-order valence-corrected chi connectivity index (χ2v) is 2.67. The molecule has 5 atom stereocenters. The van der Waals surface area contributed by atoms with Crippen molar-refractivity contribution in [3.63, 3.8) is 0 Å². The van der Waals surface area contributed by atoms with Crippen molar-refractivity contribution in [1.82, 2.24) is 0 Å². The fourth-order valence-corrected chi connectivity index (χ4v) is 1.06. The third kappa shape index (κ3) is 1.57.